The number of carbonyl (C=O) groups is 2. The molecule has 4 heteroatoms. The Morgan fingerprint density at radius 2 is 1.29 bits per heavy atom. The molecule has 0 aliphatic carbocycles. The molecule has 0 fully saturated rings. The normalized spacial score (nSPS) is 9.54. The first kappa shape index (κ1) is 19.4. The number of carboxylic acids is 1. The molecule has 0 radical (unpaired) electrons. The van der Waals surface area contributed by atoms with Crippen LogP contribution in [0.5, 0.6) is 0 Å². The number of hydrogen-bond acceptors (Lipinski definition) is 4. The first-order chi connectivity index (χ1) is 11.6. The van der Waals surface area contributed by atoms with Crippen LogP contribution in [0.3, 0.4) is 0 Å². The van der Waals surface area contributed by atoms with Gasteiger partial charge in [0.15, 0.2) is 0 Å². The molecule has 0 saturated heterocycles. The van der Waals surface area contributed by atoms with Gasteiger partial charge in [-0.1, -0.05) is 60.7 Å². The molecule has 4 nitrogen and oxygen atoms in total. The highest BCUT2D eigenvalue weighted by atomic mass is 16.5. The molecule has 0 saturated carbocycles. The number of carboxylic acid groups (broad SMARTS) is 1. The van der Waals surface area contributed by atoms with Gasteiger partial charge < -0.3 is 14.6 Å². The molecule has 0 aliphatic rings. The Kier molecular flexibility index (Phi) is 9.62. The fourth-order valence-electron chi connectivity index (χ4n) is 2.02. The Morgan fingerprint density at radius 3 is 1.71 bits per heavy atom. The molecule has 0 aromatic heterocycles. The van der Waals surface area contributed by atoms with E-state index in [0.29, 0.717) is 19.4 Å². The Labute approximate surface area is 143 Å². The fraction of sp³-hybridized carbons (Fsp3) is 0.300. The smallest absolute Gasteiger partial charge is 0.306 e. The van der Waals surface area contributed by atoms with Gasteiger partial charge in [-0.2, -0.15) is 0 Å². The zero-order chi connectivity index (χ0) is 17.6. The molecule has 0 aliphatic heterocycles. The van der Waals surface area contributed by atoms with Gasteiger partial charge in [-0.3, -0.25) is 4.79 Å². The van der Waals surface area contributed by atoms with E-state index in [1.54, 1.807) is 0 Å². The maximum absolute atomic E-state index is 11.0. The lowest BCUT2D eigenvalue weighted by atomic mass is 10.1. The summed E-state index contributed by atoms with van der Waals surface area (Å²) in [6.45, 7) is 2.29. The van der Waals surface area contributed by atoms with Gasteiger partial charge in [0, 0.05) is 12.4 Å². The maximum atomic E-state index is 11.0. The van der Waals surface area contributed by atoms with E-state index in [1.807, 2.05) is 67.6 Å². The lowest BCUT2D eigenvalue weighted by Crippen LogP contribution is -2.22. The van der Waals surface area contributed by atoms with Crippen molar-refractivity contribution in [1.82, 2.24) is 0 Å². The van der Waals surface area contributed by atoms with Crippen LogP contribution in [0.4, 0.5) is 0 Å². The molecule has 0 atom stereocenters. The van der Waals surface area contributed by atoms with Gasteiger partial charge in [0.1, 0.15) is 0 Å². The highest BCUT2D eigenvalue weighted by Gasteiger charge is 2.01. The topological polar surface area (TPSA) is 66.4 Å². The Morgan fingerprint density at radius 1 is 0.833 bits per heavy atom. The van der Waals surface area contributed by atoms with Crippen LogP contribution in [-0.4, -0.2) is 18.5 Å². The number of ether oxygens (including phenoxy) is 1. The fourth-order valence-corrected chi connectivity index (χ4v) is 2.02. The molecule has 2 rings (SSSR count). The Balaban J connectivity index is 0.000000243. The molecule has 128 valence electrons. The molecule has 2 aromatic carbocycles. The first-order valence-electron chi connectivity index (χ1n) is 8.05. The molecular formula is C20H23O4-. The van der Waals surface area contributed by atoms with Gasteiger partial charge in [-0.25, -0.2) is 0 Å². The van der Waals surface area contributed by atoms with E-state index in [1.165, 1.54) is 5.56 Å². The van der Waals surface area contributed by atoms with Gasteiger partial charge in [-0.05, 0) is 37.3 Å². The molecule has 0 spiro atoms. The minimum atomic E-state index is -0.992. The van der Waals surface area contributed by atoms with Crippen molar-refractivity contribution in [3.8, 4) is 0 Å². The summed E-state index contributed by atoms with van der Waals surface area (Å²) >= 11 is 0. The van der Waals surface area contributed by atoms with E-state index in [-0.39, 0.29) is 12.4 Å². The van der Waals surface area contributed by atoms with Crippen LogP contribution in [0.2, 0.25) is 0 Å². The lowest BCUT2D eigenvalue weighted by Gasteiger charge is -2.01. The van der Waals surface area contributed by atoms with E-state index in [0.717, 1.165) is 12.0 Å². The SMILES string of the molecule is CCOC(=O)CCc1ccccc1.O=C([O-])CCc1ccccc1. The van der Waals surface area contributed by atoms with Crippen molar-refractivity contribution in [2.75, 3.05) is 6.61 Å². The quantitative estimate of drug-likeness (QED) is 0.733. The average Bonchev–Trinajstić information content (AvgIpc) is 2.61. The summed E-state index contributed by atoms with van der Waals surface area (Å²) < 4.78 is 4.82. The highest BCUT2D eigenvalue weighted by Crippen LogP contribution is 2.03. The third kappa shape index (κ3) is 9.41. The van der Waals surface area contributed by atoms with Crippen LogP contribution in [0.1, 0.15) is 30.9 Å². The summed E-state index contributed by atoms with van der Waals surface area (Å²) in [4.78, 5) is 21.1. The van der Waals surface area contributed by atoms with Crippen LogP contribution in [0.25, 0.3) is 0 Å². The second-order valence-electron chi connectivity index (χ2n) is 5.15. The van der Waals surface area contributed by atoms with Crippen LogP contribution in [-0.2, 0) is 27.2 Å². The van der Waals surface area contributed by atoms with Crippen LogP contribution < -0.4 is 5.11 Å². The molecule has 24 heavy (non-hydrogen) atoms. The van der Waals surface area contributed by atoms with E-state index >= 15 is 0 Å². The van der Waals surface area contributed by atoms with Crippen LogP contribution in [0.15, 0.2) is 60.7 Å². The summed E-state index contributed by atoms with van der Waals surface area (Å²) in [7, 11) is 0. The van der Waals surface area contributed by atoms with Gasteiger partial charge in [0.2, 0.25) is 0 Å². The average molecular weight is 327 g/mol. The molecule has 0 heterocycles. The van der Waals surface area contributed by atoms with Crippen molar-refractivity contribution < 1.29 is 19.4 Å². The monoisotopic (exact) mass is 327 g/mol. The number of carbonyl (C=O) groups excluding carboxylic acids is 2. The van der Waals surface area contributed by atoms with Gasteiger partial charge >= 0.3 is 5.97 Å². The number of rotatable bonds is 7. The predicted octanol–water partition coefficient (Wildman–Crippen LogP) is 2.55. The van der Waals surface area contributed by atoms with Crippen molar-refractivity contribution in [1.29, 1.82) is 0 Å². The summed E-state index contributed by atoms with van der Waals surface area (Å²) in [5.74, 6) is -1.11. The van der Waals surface area contributed by atoms with Crippen molar-refractivity contribution >= 4 is 11.9 Å². The number of hydrogen-bond donors (Lipinski definition) is 0. The van der Waals surface area contributed by atoms with Crippen LogP contribution >= 0.6 is 0 Å². The molecule has 0 N–H and O–H groups in total. The van der Waals surface area contributed by atoms with E-state index in [4.69, 9.17) is 4.74 Å². The minimum absolute atomic E-state index is 0.101. The molecule has 0 amide bonds. The standard InChI is InChI=1S/C11H14O2.C9H10O2/c1-2-13-11(12)9-8-10-6-4-3-5-7-10;10-9(11)7-6-8-4-2-1-3-5-8/h3-7H,2,8-9H2,1H3;1-5H,6-7H2,(H,10,11)/p-1. The maximum Gasteiger partial charge on any atom is 0.306 e. The summed E-state index contributed by atoms with van der Waals surface area (Å²) in [6, 6.07) is 19.4. The lowest BCUT2D eigenvalue weighted by molar-refractivity contribution is -0.305. The third-order valence-electron chi connectivity index (χ3n) is 3.23. The highest BCUT2D eigenvalue weighted by molar-refractivity contribution is 5.69. The second kappa shape index (κ2) is 11.9. The number of aliphatic carboxylic acids is 1. The molecule has 0 bridgehead atoms. The summed E-state index contributed by atoms with van der Waals surface area (Å²) in [5, 5.41) is 10.1. The zero-order valence-corrected chi connectivity index (χ0v) is 13.9. The van der Waals surface area contributed by atoms with Crippen molar-refractivity contribution in [3.63, 3.8) is 0 Å². The zero-order valence-electron chi connectivity index (χ0n) is 13.9. The van der Waals surface area contributed by atoms with Gasteiger partial charge in [0.25, 0.3) is 0 Å². The van der Waals surface area contributed by atoms with Crippen molar-refractivity contribution in [2.45, 2.75) is 32.6 Å². The summed E-state index contributed by atoms with van der Waals surface area (Å²) in [5.41, 5.74) is 2.22. The minimum Gasteiger partial charge on any atom is -0.550 e. The second-order valence-corrected chi connectivity index (χ2v) is 5.15. The largest absolute Gasteiger partial charge is 0.550 e. The predicted molar refractivity (Wildman–Crippen MR) is 91.2 cm³/mol. The molecule has 0 unspecified atom stereocenters. The molecule has 2 aromatic rings. The van der Waals surface area contributed by atoms with Gasteiger partial charge in [-0.15, -0.1) is 0 Å². The first-order valence-corrected chi connectivity index (χ1v) is 8.05. The summed E-state index contributed by atoms with van der Waals surface area (Å²) in [6.07, 6.45) is 1.89. The van der Waals surface area contributed by atoms with E-state index < -0.39 is 5.97 Å². The van der Waals surface area contributed by atoms with Crippen LogP contribution in [0, 0.1) is 0 Å². The number of esters is 1. The Hall–Kier alpha value is -2.62. The Bertz CT molecular complexity index is 594. The van der Waals surface area contributed by atoms with Gasteiger partial charge in [0.05, 0.1) is 6.61 Å². The van der Waals surface area contributed by atoms with E-state index in [9.17, 15) is 14.7 Å². The number of aryl methyl sites for hydroxylation is 2. The number of benzene rings is 2. The van der Waals surface area contributed by atoms with Crippen molar-refractivity contribution in [3.05, 3.63) is 71.8 Å². The van der Waals surface area contributed by atoms with E-state index in [2.05, 4.69) is 0 Å². The van der Waals surface area contributed by atoms with Crippen molar-refractivity contribution in [2.24, 2.45) is 0 Å². The molecular weight excluding hydrogens is 304 g/mol. The third-order valence-corrected chi connectivity index (χ3v) is 3.23.